The molecule has 0 spiro atoms. The number of hydrogen-bond donors (Lipinski definition) is 6. The zero-order valence-electron chi connectivity index (χ0n) is 26.7. The SMILES string of the molecule is CCCC[C@H](N)CC[C@H]1C=C[C@@H]2Cc3cc4ccc(CC=O)cc4cc3[C@H]1[C@H]2C[C@@H](Nc1ccc[nH]1)/C(=C/C(=O)O)CN=C(N)N. The zero-order valence-corrected chi connectivity index (χ0v) is 26.7. The van der Waals surface area contributed by atoms with Gasteiger partial charge >= 0.3 is 5.97 Å². The number of carboxylic acids is 1. The Bertz CT molecular complexity index is 1590. The minimum atomic E-state index is -1.04. The molecule has 3 aromatic rings. The summed E-state index contributed by atoms with van der Waals surface area (Å²) in [7, 11) is 0. The summed E-state index contributed by atoms with van der Waals surface area (Å²) in [6.07, 6.45) is 16.1. The molecular formula is C37H48N6O3. The lowest BCUT2D eigenvalue weighted by Crippen LogP contribution is -2.40. The summed E-state index contributed by atoms with van der Waals surface area (Å²) in [4.78, 5) is 30.7. The van der Waals surface area contributed by atoms with E-state index < -0.39 is 5.97 Å². The number of fused-ring (bicyclic) bond motifs is 5. The van der Waals surface area contributed by atoms with Gasteiger partial charge in [0.25, 0.3) is 0 Å². The van der Waals surface area contributed by atoms with E-state index in [0.29, 0.717) is 24.3 Å². The molecule has 0 unspecified atom stereocenters. The molecule has 9 nitrogen and oxygen atoms in total. The maximum atomic E-state index is 12.0. The van der Waals surface area contributed by atoms with Gasteiger partial charge in [-0.05, 0) is 101 Å². The lowest BCUT2D eigenvalue weighted by Gasteiger charge is -2.47. The van der Waals surface area contributed by atoms with Crippen molar-refractivity contribution in [1.82, 2.24) is 4.98 Å². The Morgan fingerprint density at radius 2 is 2.00 bits per heavy atom. The van der Waals surface area contributed by atoms with Crippen molar-refractivity contribution < 1.29 is 14.7 Å². The molecule has 46 heavy (non-hydrogen) atoms. The Kier molecular flexibility index (Phi) is 11.0. The topological polar surface area (TPSA) is 173 Å². The van der Waals surface area contributed by atoms with E-state index in [1.54, 1.807) is 0 Å². The second-order valence-electron chi connectivity index (χ2n) is 13.0. The molecule has 2 aromatic carbocycles. The minimum absolute atomic E-state index is 0.0818. The molecular weight excluding hydrogens is 576 g/mol. The molecule has 0 saturated carbocycles. The average molecular weight is 625 g/mol. The van der Waals surface area contributed by atoms with Crippen molar-refractivity contribution in [2.24, 2.45) is 39.9 Å². The first-order valence-corrected chi connectivity index (χ1v) is 16.6. The third-order valence-electron chi connectivity index (χ3n) is 9.81. The number of aliphatic imine (C=N–C) groups is 1. The highest BCUT2D eigenvalue weighted by Crippen LogP contribution is 2.52. The fourth-order valence-electron chi connectivity index (χ4n) is 7.58. The van der Waals surface area contributed by atoms with Gasteiger partial charge in [0.15, 0.2) is 5.96 Å². The van der Waals surface area contributed by atoms with Gasteiger partial charge in [0.05, 0.1) is 12.6 Å². The molecule has 9 heteroatoms. The Morgan fingerprint density at radius 3 is 2.72 bits per heavy atom. The average Bonchev–Trinajstić information content (AvgIpc) is 3.54. The summed E-state index contributed by atoms with van der Waals surface area (Å²) in [6, 6.07) is 14.7. The smallest absolute Gasteiger partial charge is 0.328 e. The number of unbranched alkanes of at least 4 members (excludes halogenated alkanes) is 1. The lowest BCUT2D eigenvalue weighted by molar-refractivity contribution is -0.131. The van der Waals surface area contributed by atoms with Crippen LogP contribution in [0.2, 0.25) is 0 Å². The summed E-state index contributed by atoms with van der Waals surface area (Å²) in [5.41, 5.74) is 22.3. The number of nitrogens with one attached hydrogen (secondary N) is 2. The van der Waals surface area contributed by atoms with Crippen molar-refractivity contribution in [3.63, 3.8) is 0 Å². The van der Waals surface area contributed by atoms with Crippen LogP contribution in [0.5, 0.6) is 0 Å². The third kappa shape index (κ3) is 8.07. The van der Waals surface area contributed by atoms with Crippen molar-refractivity contribution in [2.45, 2.75) is 76.3 Å². The molecule has 0 aliphatic heterocycles. The van der Waals surface area contributed by atoms with Crippen molar-refractivity contribution >= 4 is 34.8 Å². The summed E-state index contributed by atoms with van der Waals surface area (Å²) in [5.74, 6) is 0.712. The molecule has 0 saturated heterocycles. The minimum Gasteiger partial charge on any atom is -0.478 e. The zero-order chi connectivity index (χ0) is 32.6. The number of nitrogens with two attached hydrogens (primary N) is 3. The van der Waals surface area contributed by atoms with Gasteiger partial charge in [-0.25, -0.2) is 9.79 Å². The number of H-pyrrole nitrogens is 1. The number of guanidine groups is 1. The number of allylic oxidation sites excluding steroid dienone is 2. The molecule has 6 atom stereocenters. The summed E-state index contributed by atoms with van der Waals surface area (Å²) in [6.45, 7) is 2.28. The molecule has 2 bridgehead atoms. The van der Waals surface area contributed by atoms with Crippen LogP contribution >= 0.6 is 0 Å². The number of rotatable bonds is 16. The van der Waals surface area contributed by atoms with Gasteiger partial charge in [0, 0.05) is 24.7 Å². The van der Waals surface area contributed by atoms with Gasteiger partial charge in [0.1, 0.15) is 12.1 Å². The fourth-order valence-corrected chi connectivity index (χ4v) is 7.58. The number of hydrogen-bond acceptors (Lipinski definition) is 5. The van der Waals surface area contributed by atoms with Gasteiger partial charge in [-0.2, -0.15) is 0 Å². The first kappa shape index (κ1) is 33.0. The van der Waals surface area contributed by atoms with Crippen LogP contribution in [-0.2, 0) is 22.4 Å². The van der Waals surface area contributed by atoms with E-state index in [2.05, 4.69) is 58.6 Å². The number of nitrogens with zero attached hydrogens (tertiary/aromatic N) is 1. The van der Waals surface area contributed by atoms with Crippen LogP contribution < -0.4 is 22.5 Å². The Morgan fingerprint density at radius 1 is 1.15 bits per heavy atom. The summed E-state index contributed by atoms with van der Waals surface area (Å²) >= 11 is 0. The van der Waals surface area contributed by atoms with Crippen molar-refractivity contribution in [1.29, 1.82) is 0 Å². The number of carbonyl (C=O) groups is 2. The predicted octanol–water partition coefficient (Wildman–Crippen LogP) is 5.42. The van der Waals surface area contributed by atoms with E-state index in [1.807, 2.05) is 24.4 Å². The molecule has 0 amide bonds. The number of anilines is 1. The number of carboxylic acid groups (broad SMARTS) is 1. The molecule has 9 N–H and O–H groups in total. The Balaban J connectivity index is 1.56. The third-order valence-corrected chi connectivity index (χ3v) is 9.81. The molecule has 2 aliphatic carbocycles. The normalized spacial score (nSPS) is 21.7. The highest BCUT2D eigenvalue weighted by molar-refractivity contribution is 5.86. The van der Waals surface area contributed by atoms with Crippen LogP contribution in [0.15, 0.2) is 77.5 Å². The molecule has 2 aliphatic rings. The standard InChI is InChI=1S/C37H48N6O3/c1-2-3-5-30(38)12-11-24-9-10-26-18-28-17-25-8-7-23(13-15-44)16-27(25)19-31(28)36(24)32(26)21-33(43-34-6-4-14-41-34)29(20-35(45)46)22-42-37(39)40/h4,6-10,14-17,19-20,24,26,30,32-33,36,41,43H,2-3,5,11-13,18,21-22,38H2,1H3,(H,45,46)(H4,39,40,42)/b29-20+/t24-,26-,30+,32+,33-,36+/m1/s1. The van der Waals surface area contributed by atoms with E-state index in [9.17, 15) is 14.7 Å². The molecule has 244 valence electrons. The van der Waals surface area contributed by atoms with Crippen LogP contribution in [0.3, 0.4) is 0 Å². The van der Waals surface area contributed by atoms with Gasteiger partial charge in [-0.1, -0.05) is 62.2 Å². The lowest BCUT2D eigenvalue weighted by atomic mass is 9.58. The number of carbonyl (C=O) groups excluding carboxylic acids is 1. The first-order chi connectivity index (χ1) is 22.2. The van der Waals surface area contributed by atoms with E-state index in [-0.39, 0.29) is 42.3 Å². The summed E-state index contributed by atoms with van der Waals surface area (Å²) < 4.78 is 0. The van der Waals surface area contributed by atoms with Crippen LogP contribution in [0.1, 0.15) is 68.1 Å². The van der Waals surface area contributed by atoms with Gasteiger partial charge in [-0.3, -0.25) is 0 Å². The van der Waals surface area contributed by atoms with E-state index in [4.69, 9.17) is 17.2 Å². The first-order valence-electron chi connectivity index (χ1n) is 16.6. The van der Waals surface area contributed by atoms with E-state index in [1.165, 1.54) is 22.6 Å². The quantitative estimate of drug-likeness (QED) is 0.0406. The molecule has 5 rings (SSSR count). The van der Waals surface area contributed by atoms with Gasteiger partial charge < -0.3 is 37.4 Å². The number of aliphatic carboxylic acids is 1. The highest BCUT2D eigenvalue weighted by Gasteiger charge is 2.43. The largest absolute Gasteiger partial charge is 0.478 e. The van der Waals surface area contributed by atoms with Crippen molar-refractivity contribution in [3.05, 3.63) is 89.2 Å². The molecule has 1 heterocycles. The second-order valence-corrected chi connectivity index (χ2v) is 13.0. The van der Waals surface area contributed by atoms with Gasteiger partial charge in [-0.15, -0.1) is 0 Å². The van der Waals surface area contributed by atoms with Crippen molar-refractivity contribution in [3.8, 4) is 0 Å². The maximum absolute atomic E-state index is 12.0. The predicted molar refractivity (Wildman–Crippen MR) is 186 cm³/mol. The number of aromatic nitrogens is 1. The summed E-state index contributed by atoms with van der Waals surface area (Å²) in [5, 5.41) is 15.7. The molecule has 0 fully saturated rings. The fraction of sp³-hybridized carbons (Fsp3) is 0.432. The maximum Gasteiger partial charge on any atom is 0.328 e. The number of benzene rings is 2. The van der Waals surface area contributed by atoms with E-state index >= 15 is 0 Å². The van der Waals surface area contributed by atoms with Crippen LogP contribution in [0, 0.1) is 17.8 Å². The Hall–Kier alpha value is -4.37. The van der Waals surface area contributed by atoms with E-state index in [0.717, 1.165) is 61.6 Å². The van der Waals surface area contributed by atoms with Gasteiger partial charge in [0.2, 0.25) is 0 Å². The van der Waals surface area contributed by atoms with Crippen LogP contribution in [0.4, 0.5) is 5.82 Å². The van der Waals surface area contributed by atoms with Crippen molar-refractivity contribution in [2.75, 3.05) is 11.9 Å². The monoisotopic (exact) mass is 624 g/mol. The number of aromatic amines is 1. The number of aldehydes is 1. The Labute approximate surface area is 271 Å². The second kappa shape index (κ2) is 15.3. The highest BCUT2D eigenvalue weighted by atomic mass is 16.4. The molecule has 0 radical (unpaired) electrons. The molecule has 1 aromatic heterocycles. The van der Waals surface area contributed by atoms with Crippen LogP contribution in [0.25, 0.3) is 10.8 Å². The van der Waals surface area contributed by atoms with Crippen LogP contribution in [-0.4, -0.2) is 46.9 Å².